The van der Waals surface area contributed by atoms with Crippen molar-refractivity contribution in [2.45, 2.75) is 32.0 Å². The maximum absolute atomic E-state index is 13.3. The molecule has 182 valence electrons. The Morgan fingerprint density at radius 3 is 2.49 bits per heavy atom. The minimum Gasteiger partial charge on any atom is -0.497 e. The summed E-state index contributed by atoms with van der Waals surface area (Å²) in [5, 5.41) is 1.06. The monoisotopic (exact) mass is 491 g/mol. The maximum Gasteiger partial charge on any atom is 0.262 e. The van der Waals surface area contributed by atoms with Gasteiger partial charge in [0.05, 0.1) is 36.4 Å². The van der Waals surface area contributed by atoms with Crippen molar-refractivity contribution in [3.05, 3.63) is 81.9 Å². The van der Waals surface area contributed by atoms with Crippen molar-refractivity contribution >= 4 is 28.4 Å². The van der Waals surface area contributed by atoms with Gasteiger partial charge in [-0.1, -0.05) is 23.9 Å². The molecule has 0 amide bonds. The van der Waals surface area contributed by atoms with Gasteiger partial charge in [-0.15, -0.1) is 0 Å². The van der Waals surface area contributed by atoms with Crippen LogP contribution in [0.5, 0.6) is 5.75 Å². The number of aromatic nitrogens is 3. The summed E-state index contributed by atoms with van der Waals surface area (Å²) in [7, 11) is 3.24. The van der Waals surface area contributed by atoms with E-state index in [4.69, 9.17) is 14.5 Å². The molecule has 0 bridgehead atoms. The SMILES string of the molecule is COCC(C)n1c(SCC(=O)c2cc(C)n(-c3ccc(OC)cc3)c2C)nc2ccccc2c1=O. The standard InChI is InChI=1S/C27H29N3O4S/c1-17-14-23(19(3)29(17)20-10-12-21(34-5)13-11-20)25(31)16-35-27-28-24-9-7-6-8-22(24)26(32)30(27)18(2)15-33-4/h6-14,18H,15-16H2,1-5H3. The van der Waals surface area contributed by atoms with Gasteiger partial charge in [0.2, 0.25) is 0 Å². The molecule has 4 rings (SSSR count). The molecule has 1 unspecified atom stereocenters. The van der Waals surface area contributed by atoms with Crippen LogP contribution >= 0.6 is 11.8 Å². The Labute approximate surface area is 208 Å². The molecule has 35 heavy (non-hydrogen) atoms. The van der Waals surface area contributed by atoms with E-state index in [0.29, 0.717) is 28.2 Å². The van der Waals surface area contributed by atoms with Crippen LogP contribution in [-0.4, -0.2) is 46.5 Å². The zero-order chi connectivity index (χ0) is 25.1. The van der Waals surface area contributed by atoms with Gasteiger partial charge >= 0.3 is 0 Å². The van der Waals surface area contributed by atoms with Crippen molar-refractivity contribution in [3.8, 4) is 11.4 Å². The number of rotatable bonds is 9. The lowest BCUT2D eigenvalue weighted by Gasteiger charge is -2.18. The fraction of sp³-hybridized carbons (Fsp3) is 0.296. The molecule has 2 heterocycles. The van der Waals surface area contributed by atoms with Gasteiger partial charge in [0.1, 0.15) is 5.75 Å². The lowest BCUT2D eigenvalue weighted by atomic mass is 10.2. The van der Waals surface area contributed by atoms with Gasteiger partial charge in [-0.3, -0.25) is 14.2 Å². The molecule has 0 saturated heterocycles. The number of benzene rings is 2. The molecular formula is C27H29N3O4S. The number of carbonyl (C=O) groups is 1. The largest absolute Gasteiger partial charge is 0.497 e. The van der Waals surface area contributed by atoms with Crippen LogP contribution in [0.4, 0.5) is 0 Å². The summed E-state index contributed by atoms with van der Waals surface area (Å²) >= 11 is 1.28. The van der Waals surface area contributed by atoms with Gasteiger partial charge in [0, 0.05) is 29.7 Å². The Morgan fingerprint density at radius 1 is 1.09 bits per heavy atom. The van der Waals surface area contributed by atoms with E-state index in [1.165, 1.54) is 11.8 Å². The number of nitrogens with zero attached hydrogens (tertiary/aromatic N) is 3. The van der Waals surface area contributed by atoms with E-state index < -0.39 is 0 Å². The van der Waals surface area contributed by atoms with Crippen LogP contribution in [0.1, 0.15) is 34.7 Å². The number of thioether (sulfide) groups is 1. The molecule has 0 aliphatic carbocycles. The van der Waals surface area contributed by atoms with Crippen molar-refractivity contribution in [3.63, 3.8) is 0 Å². The van der Waals surface area contributed by atoms with E-state index in [9.17, 15) is 9.59 Å². The van der Waals surface area contributed by atoms with Gasteiger partial charge in [0.25, 0.3) is 5.56 Å². The molecule has 0 aliphatic heterocycles. The summed E-state index contributed by atoms with van der Waals surface area (Å²) in [6.45, 7) is 6.20. The van der Waals surface area contributed by atoms with E-state index >= 15 is 0 Å². The van der Waals surface area contributed by atoms with Crippen molar-refractivity contribution in [2.24, 2.45) is 0 Å². The lowest BCUT2D eigenvalue weighted by Crippen LogP contribution is -2.28. The zero-order valence-electron chi connectivity index (χ0n) is 20.6. The van der Waals surface area contributed by atoms with Gasteiger partial charge < -0.3 is 14.0 Å². The Bertz CT molecular complexity index is 1420. The molecular weight excluding hydrogens is 462 g/mol. The number of ketones is 1. The molecule has 2 aromatic heterocycles. The number of fused-ring (bicyclic) bond motifs is 1. The second kappa shape index (κ2) is 10.5. The number of hydrogen-bond donors (Lipinski definition) is 0. The Hall–Kier alpha value is -3.36. The minimum atomic E-state index is -0.220. The minimum absolute atomic E-state index is 0.0174. The number of para-hydroxylation sites is 1. The van der Waals surface area contributed by atoms with E-state index in [0.717, 1.165) is 22.8 Å². The molecule has 0 spiro atoms. The van der Waals surface area contributed by atoms with Gasteiger partial charge in [-0.25, -0.2) is 4.98 Å². The third-order valence-corrected chi connectivity index (χ3v) is 6.97. The summed E-state index contributed by atoms with van der Waals surface area (Å²) in [5.41, 5.74) is 3.94. The molecule has 0 N–H and O–H groups in total. The maximum atomic E-state index is 13.3. The van der Waals surface area contributed by atoms with Crippen LogP contribution < -0.4 is 10.3 Å². The molecule has 0 fully saturated rings. The van der Waals surface area contributed by atoms with Crippen molar-refractivity contribution in [1.82, 2.24) is 14.1 Å². The lowest BCUT2D eigenvalue weighted by molar-refractivity contribution is 0.102. The van der Waals surface area contributed by atoms with Crippen LogP contribution in [0.2, 0.25) is 0 Å². The van der Waals surface area contributed by atoms with E-state index in [1.54, 1.807) is 24.9 Å². The summed E-state index contributed by atoms with van der Waals surface area (Å²) in [6, 6.07) is 16.7. The topological polar surface area (TPSA) is 75.3 Å². The summed E-state index contributed by atoms with van der Waals surface area (Å²) < 4.78 is 14.2. The Morgan fingerprint density at radius 2 is 1.80 bits per heavy atom. The average Bonchev–Trinajstić information content (AvgIpc) is 3.16. The molecule has 0 aliphatic rings. The third-order valence-electron chi connectivity index (χ3n) is 6.02. The smallest absolute Gasteiger partial charge is 0.262 e. The first-order valence-electron chi connectivity index (χ1n) is 11.3. The number of Topliss-reactive ketones (excluding diaryl/α,β-unsaturated/α-hetero) is 1. The highest BCUT2D eigenvalue weighted by atomic mass is 32.2. The molecule has 7 nitrogen and oxygen atoms in total. The summed E-state index contributed by atoms with van der Waals surface area (Å²) in [4.78, 5) is 31.3. The highest BCUT2D eigenvalue weighted by Gasteiger charge is 2.20. The third kappa shape index (κ3) is 4.90. The first-order valence-corrected chi connectivity index (χ1v) is 12.3. The molecule has 1 atom stereocenters. The zero-order valence-corrected chi connectivity index (χ0v) is 21.4. The number of carbonyl (C=O) groups excluding carboxylic acids is 1. The number of ether oxygens (including phenoxy) is 2. The van der Waals surface area contributed by atoms with Gasteiger partial charge in [0.15, 0.2) is 10.9 Å². The van der Waals surface area contributed by atoms with E-state index in [1.807, 2.05) is 69.3 Å². The highest BCUT2D eigenvalue weighted by molar-refractivity contribution is 7.99. The van der Waals surface area contributed by atoms with Crippen LogP contribution in [0, 0.1) is 13.8 Å². The Balaban J connectivity index is 1.64. The van der Waals surface area contributed by atoms with Crippen LogP contribution in [-0.2, 0) is 4.74 Å². The number of hydrogen-bond acceptors (Lipinski definition) is 6. The predicted molar refractivity (Wildman–Crippen MR) is 139 cm³/mol. The van der Waals surface area contributed by atoms with Crippen molar-refractivity contribution in [2.75, 3.05) is 26.6 Å². The second-order valence-electron chi connectivity index (χ2n) is 8.42. The molecule has 2 aromatic carbocycles. The van der Waals surface area contributed by atoms with Gasteiger partial charge in [-0.2, -0.15) is 0 Å². The molecule has 8 heteroatoms. The molecule has 0 saturated carbocycles. The molecule has 0 radical (unpaired) electrons. The van der Waals surface area contributed by atoms with E-state index in [-0.39, 0.29) is 23.1 Å². The number of aryl methyl sites for hydroxylation is 1. The van der Waals surface area contributed by atoms with Gasteiger partial charge in [-0.05, 0) is 63.2 Å². The normalized spacial score (nSPS) is 12.1. The quantitative estimate of drug-likeness (QED) is 0.186. The molecule has 4 aromatic rings. The second-order valence-corrected chi connectivity index (χ2v) is 9.36. The summed E-state index contributed by atoms with van der Waals surface area (Å²) in [5.74, 6) is 0.925. The first-order chi connectivity index (χ1) is 16.8. The van der Waals surface area contributed by atoms with E-state index in [2.05, 4.69) is 4.57 Å². The fourth-order valence-corrected chi connectivity index (χ4v) is 5.29. The predicted octanol–water partition coefficient (Wildman–Crippen LogP) is 5.00. The van der Waals surface area contributed by atoms with Crippen molar-refractivity contribution in [1.29, 1.82) is 0 Å². The Kier molecular flexibility index (Phi) is 7.42. The number of methoxy groups -OCH3 is 2. The van der Waals surface area contributed by atoms with Crippen LogP contribution in [0.3, 0.4) is 0 Å². The fourth-order valence-electron chi connectivity index (χ4n) is 4.31. The van der Waals surface area contributed by atoms with Crippen molar-refractivity contribution < 1.29 is 14.3 Å². The van der Waals surface area contributed by atoms with Crippen LogP contribution in [0.25, 0.3) is 16.6 Å². The first kappa shape index (κ1) is 24.8. The highest BCUT2D eigenvalue weighted by Crippen LogP contribution is 2.26. The summed E-state index contributed by atoms with van der Waals surface area (Å²) in [6.07, 6.45) is 0. The average molecular weight is 492 g/mol. The van der Waals surface area contributed by atoms with Crippen LogP contribution in [0.15, 0.2) is 64.5 Å².